The minimum atomic E-state index is -2.86. The van der Waals surface area contributed by atoms with Crippen LogP contribution in [-0.2, 0) is 11.4 Å². The van der Waals surface area contributed by atoms with Crippen LogP contribution in [0.2, 0.25) is 0 Å². The average molecular weight is 120 g/mol. The van der Waals surface area contributed by atoms with Gasteiger partial charge in [-0.1, -0.05) is 8.41 Å². The molecule has 6 heteroatoms. The summed E-state index contributed by atoms with van der Waals surface area (Å²) in [6.07, 6.45) is 0. The summed E-state index contributed by atoms with van der Waals surface area (Å²) < 4.78 is 24.1. The van der Waals surface area contributed by atoms with Gasteiger partial charge in [0.15, 0.2) is 0 Å². The maximum absolute atomic E-state index is 8.56. The predicted molar refractivity (Wildman–Crippen MR) is 28.6 cm³/mol. The molecule has 0 aliphatic heterocycles. The SMILES string of the molecule is O=S([O-])O.[BH4-].[Mg+2]. The molecule has 0 aliphatic carbocycles. The molecule has 0 aromatic rings. The van der Waals surface area contributed by atoms with Gasteiger partial charge in [0, 0.05) is 0 Å². The fourth-order valence-electron chi connectivity index (χ4n) is 0. The van der Waals surface area contributed by atoms with E-state index in [0.29, 0.717) is 0 Å². The summed E-state index contributed by atoms with van der Waals surface area (Å²) in [5.74, 6) is 0. The fraction of sp³-hybridized carbons (Fsp3) is 0. The van der Waals surface area contributed by atoms with Crippen molar-refractivity contribution in [2.75, 3.05) is 0 Å². The van der Waals surface area contributed by atoms with E-state index in [1.54, 1.807) is 0 Å². The standard InChI is InChI=1S/BH4.Mg.H2O3S/c;;1-4(2)3/h1H4;;(H2,1,2,3)/q-1;+2;/p-1. The van der Waals surface area contributed by atoms with E-state index in [2.05, 4.69) is 0 Å². The van der Waals surface area contributed by atoms with Crippen LogP contribution < -0.4 is 0 Å². The Hall–Kier alpha value is 0.901. The molecule has 1 N–H and O–H groups in total. The summed E-state index contributed by atoms with van der Waals surface area (Å²) in [6.45, 7) is 0. The summed E-state index contributed by atoms with van der Waals surface area (Å²) in [7, 11) is 0. The zero-order valence-corrected chi connectivity index (χ0v) is 4.61. The van der Waals surface area contributed by atoms with Crippen molar-refractivity contribution >= 4 is 42.8 Å². The molecule has 0 aliphatic rings. The minimum Gasteiger partial charge on any atom is -0.750 e. The van der Waals surface area contributed by atoms with Crippen LogP contribution in [0.1, 0.15) is 0 Å². The second-order valence-electron chi connectivity index (χ2n) is 0.217. The molecule has 0 saturated carbocycles. The Bertz CT molecular complexity index is 33.8. The van der Waals surface area contributed by atoms with Crippen molar-refractivity contribution in [3.8, 4) is 0 Å². The molecule has 0 saturated heterocycles. The molecule has 3 nitrogen and oxygen atoms in total. The van der Waals surface area contributed by atoms with Gasteiger partial charge in [-0.25, -0.2) is 4.21 Å². The molecule has 1 unspecified atom stereocenters. The number of rotatable bonds is 0. The molecule has 0 fully saturated rings. The maximum Gasteiger partial charge on any atom is 2.00 e. The van der Waals surface area contributed by atoms with Gasteiger partial charge in [-0.3, -0.25) is 0 Å². The van der Waals surface area contributed by atoms with Crippen molar-refractivity contribution < 1.29 is 13.3 Å². The van der Waals surface area contributed by atoms with Crippen molar-refractivity contribution in [3.63, 3.8) is 0 Å². The Morgan fingerprint density at radius 2 is 1.67 bits per heavy atom. The second-order valence-corrected chi connectivity index (χ2v) is 0.651. The predicted octanol–water partition coefficient (Wildman–Crippen LogP) is -2.49. The summed E-state index contributed by atoms with van der Waals surface area (Å²) in [4.78, 5) is 0. The van der Waals surface area contributed by atoms with Crippen molar-refractivity contribution in [2.45, 2.75) is 0 Å². The summed E-state index contributed by atoms with van der Waals surface area (Å²) in [6, 6.07) is 0. The summed E-state index contributed by atoms with van der Waals surface area (Å²) >= 11 is -2.86. The van der Waals surface area contributed by atoms with Crippen molar-refractivity contribution in [2.24, 2.45) is 0 Å². The van der Waals surface area contributed by atoms with E-state index >= 15 is 0 Å². The monoisotopic (exact) mass is 120 g/mol. The van der Waals surface area contributed by atoms with Crippen molar-refractivity contribution in [1.29, 1.82) is 0 Å². The van der Waals surface area contributed by atoms with Crippen LogP contribution in [0.15, 0.2) is 0 Å². The van der Waals surface area contributed by atoms with E-state index in [0.717, 1.165) is 0 Å². The van der Waals surface area contributed by atoms with Crippen LogP contribution in [0.3, 0.4) is 0 Å². The molecule has 1 atom stereocenters. The van der Waals surface area contributed by atoms with Crippen LogP contribution in [0, 0.1) is 0 Å². The van der Waals surface area contributed by atoms with Gasteiger partial charge in [-0.05, 0) is 0 Å². The molecule has 0 amide bonds. The Kier molecular flexibility index (Phi) is 24.5. The molecule has 34 valence electrons. The normalized spacial score (nSPS) is 10.3. The zero-order valence-electron chi connectivity index (χ0n) is 2.38. The van der Waals surface area contributed by atoms with E-state index in [9.17, 15) is 0 Å². The fourth-order valence-corrected chi connectivity index (χ4v) is 0. The van der Waals surface area contributed by atoms with E-state index < -0.39 is 11.4 Å². The van der Waals surface area contributed by atoms with Gasteiger partial charge < -0.3 is 9.11 Å². The van der Waals surface area contributed by atoms with Crippen LogP contribution in [0.5, 0.6) is 0 Å². The molecule has 0 rings (SSSR count). The average Bonchev–Trinajstić information content (AvgIpc) is 0.811. The molecular formula is H5BMgO3S. The van der Waals surface area contributed by atoms with Crippen LogP contribution in [0.4, 0.5) is 0 Å². The minimum absolute atomic E-state index is 0. The molecule has 0 radical (unpaired) electrons. The molecule has 0 aromatic carbocycles. The Morgan fingerprint density at radius 1 is 1.67 bits per heavy atom. The smallest absolute Gasteiger partial charge is 0.750 e. The molecule has 6 heavy (non-hydrogen) atoms. The summed E-state index contributed by atoms with van der Waals surface area (Å²) in [5, 5.41) is 0. The van der Waals surface area contributed by atoms with Gasteiger partial charge >= 0.3 is 23.1 Å². The first-order chi connectivity index (χ1) is 1.73. The Labute approximate surface area is 56.3 Å². The number of hydrogen-bond donors (Lipinski definition) is 1. The van der Waals surface area contributed by atoms with Crippen molar-refractivity contribution in [1.82, 2.24) is 0 Å². The van der Waals surface area contributed by atoms with Gasteiger partial charge in [0.2, 0.25) is 0 Å². The first-order valence-corrected chi connectivity index (χ1v) is 1.55. The first-order valence-electron chi connectivity index (χ1n) is 0.516. The van der Waals surface area contributed by atoms with Gasteiger partial charge in [0.1, 0.15) is 0 Å². The maximum atomic E-state index is 8.56. The zero-order chi connectivity index (χ0) is 3.58. The van der Waals surface area contributed by atoms with Gasteiger partial charge in [-0.2, -0.15) is 0 Å². The molecular weight excluding hydrogens is 115 g/mol. The third-order valence-electron chi connectivity index (χ3n) is 0. The Balaban J connectivity index is -0.0000000450. The summed E-state index contributed by atoms with van der Waals surface area (Å²) in [5.41, 5.74) is 0. The van der Waals surface area contributed by atoms with Gasteiger partial charge in [0.25, 0.3) is 0 Å². The number of hydrogen-bond acceptors (Lipinski definition) is 2. The van der Waals surface area contributed by atoms with Crippen LogP contribution >= 0.6 is 0 Å². The Morgan fingerprint density at radius 3 is 1.67 bits per heavy atom. The van der Waals surface area contributed by atoms with Crippen LogP contribution in [-0.4, -0.2) is 44.8 Å². The molecule has 0 bridgehead atoms. The van der Waals surface area contributed by atoms with E-state index in [4.69, 9.17) is 13.3 Å². The van der Waals surface area contributed by atoms with Gasteiger partial charge in [-0.15, -0.1) is 0 Å². The van der Waals surface area contributed by atoms with E-state index in [1.807, 2.05) is 0 Å². The molecule has 0 spiro atoms. The van der Waals surface area contributed by atoms with E-state index in [1.165, 1.54) is 0 Å². The molecule has 0 aromatic heterocycles. The third-order valence-corrected chi connectivity index (χ3v) is 0. The topological polar surface area (TPSA) is 60.4 Å². The van der Waals surface area contributed by atoms with Crippen molar-refractivity contribution in [3.05, 3.63) is 0 Å². The van der Waals surface area contributed by atoms with E-state index in [-0.39, 0.29) is 31.5 Å². The molecule has 0 heterocycles. The third kappa shape index (κ3) is 91.8. The largest absolute Gasteiger partial charge is 2.00 e. The van der Waals surface area contributed by atoms with Crippen LogP contribution in [0.25, 0.3) is 0 Å². The first kappa shape index (κ1) is 15.8. The van der Waals surface area contributed by atoms with Gasteiger partial charge in [0.05, 0.1) is 11.4 Å². The quantitative estimate of drug-likeness (QED) is 0.284. The second kappa shape index (κ2) is 9.31.